The van der Waals surface area contributed by atoms with Crippen LogP contribution >= 0.6 is 0 Å². The van der Waals surface area contributed by atoms with Crippen molar-refractivity contribution in [3.63, 3.8) is 0 Å². The van der Waals surface area contributed by atoms with Gasteiger partial charge in [0.15, 0.2) is 0 Å². The minimum atomic E-state index is -0.690. The van der Waals surface area contributed by atoms with Crippen molar-refractivity contribution in [3.8, 4) is 0 Å². The van der Waals surface area contributed by atoms with E-state index in [0.717, 1.165) is 0 Å². The van der Waals surface area contributed by atoms with Crippen molar-refractivity contribution in [2.24, 2.45) is 5.73 Å². The molecular formula is C4H9NO2. The Bertz CT molecular complexity index is 53.7. The first-order valence-electron chi connectivity index (χ1n) is 1.66. The summed E-state index contributed by atoms with van der Waals surface area (Å²) in [4.78, 5) is 9.34. The molecule has 0 unspecified atom stereocenters. The number of rotatable bonds is 1. The Morgan fingerprint density at radius 2 is 1.86 bits per heavy atom. The van der Waals surface area contributed by atoms with E-state index in [4.69, 9.17) is 5.11 Å². The monoisotopic (exact) mass is 103 g/mol. The molecule has 3 heteroatoms. The number of hydrogen-bond acceptors (Lipinski definition) is 2. The highest BCUT2D eigenvalue weighted by atomic mass is 16.3. The minimum Gasteiger partial charge on any atom is -0.387 e. The minimum absolute atomic E-state index is 0.556. The molecule has 0 aliphatic heterocycles. The third-order valence-corrected chi connectivity index (χ3v) is 0.156. The fourth-order valence-corrected chi connectivity index (χ4v) is 0. The Morgan fingerprint density at radius 1 is 1.71 bits per heavy atom. The molecule has 42 valence electrons. The van der Waals surface area contributed by atoms with Gasteiger partial charge in [0, 0.05) is 0 Å². The molecule has 3 N–H and O–H groups in total. The molecule has 0 heterocycles. The smallest absolute Gasteiger partial charge is 0.243 e. The van der Waals surface area contributed by atoms with E-state index in [9.17, 15) is 4.79 Å². The number of aliphatic hydroxyl groups is 1. The fourth-order valence-electron chi connectivity index (χ4n) is 0. The molecule has 7 heavy (non-hydrogen) atoms. The zero-order chi connectivity index (χ0) is 6.28. The van der Waals surface area contributed by atoms with Crippen LogP contribution in [0.4, 0.5) is 0 Å². The molecule has 0 radical (unpaired) electrons. The topological polar surface area (TPSA) is 63.3 Å². The van der Waals surface area contributed by atoms with Gasteiger partial charge in [0.1, 0.15) is 6.61 Å². The number of amides is 1. The molecule has 0 aromatic carbocycles. The summed E-state index contributed by atoms with van der Waals surface area (Å²) >= 11 is 0. The van der Waals surface area contributed by atoms with Crippen LogP contribution in [-0.4, -0.2) is 17.6 Å². The van der Waals surface area contributed by atoms with E-state index in [-0.39, 0.29) is 0 Å². The Labute approximate surface area is 42.4 Å². The molecule has 0 aromatic heterocycles. The van der Waals surface area contributed by atoms with E-state index < -0.39 is 12.5 Å². The molecule has 0 rings (SSSR count). The molecule has 3 nitrogen and oxygen atoms in total. The molecule has 0 aromatic rings. The summed E-state index contributed by atoms with van der Waals surface area (Å²) < 4.78 is 0. The predicted octanol–water partition coefficient (Wildman–Crippen LogP) is -0.734. The summed E-state index contributed by atoms with van der Waals surface area (Å²) in [5.41, 5.74) is 4.40. The Balaban J connectivity index is 0. The molecule has 0 saturated heterocycles. The van der Waals surface area contributed by atoms with Gasteiger partial charge in [-0.05, 0) is 0 Å². The van der Waals surface area contributed by atoms with Gasteiger partial charge in [0.2, 0.25) is 5.91 Å². The number of carbonyl (C=O) groups is 1. The summed E-state index contributed by atoms with van der Waals surface area (Å²) in [6.07, 6.45) is 0. The first-order valence-corrected chi connectivity index (χ1v) is 1.66. The van der Waals surface area contributed by atoms with Crippen molar-refractivity contribution < 1.29 is 9.90 Å². The lowest BCUT2D eigenvalue weighted by Gasteiger charge is -1.73. The van der Waals surface area contributed by atoms with E-state index in [1.165, 1.54) is 0 Å². The van der Waals surface area contributed by atoms with Gasteiger partial charge >= 0.3 is 0 Å². The van der Waals surface area contributed by atoms with Crippen molar-refractivity contribution in [1.29, 1.82) is 0 Å². The molecule has 0 atom stereocenters. The van der Waals surface area contributed by atoms with E-state index in [1.54, 1.807) is 0 Å². The van der Waals surface area contributed by atoms with Crippen LogP contribution in [0.2, 0.25) is 0 Å². The quantitative estimate of drug-likeness (QED) is 0.429. The Morgan fingerprint density at radius 3 is 1.86 bits per heavy atom. The first kappa shape index (κ1) is 9.48. The second kappa shape index (κ2) is 8.95. The molecule has 0 aliphatic carbocycles. The number of aliphatic hydroxyl groups excluding tert-OH is 1. The van der Waals surface area contributed by atoms with E-state index >= 15 is 0 Å². The van der Waals surface area contributed by atoms with Crippen LogP contribution in [0.25, 0.3) is 0 Å². The number of hydrogen-bond donors (Lipinski definition) is 2. The van der Waals surface area contributed by atoms with Gasteiger partial charge in [0.25, 0.3) is 0 Å². The van der Waals surface area contributed by atoms with E-state index in [0.29, 0.717) is 0 Å². The molecule has 0 aliphatic rings. The van der Waals surface area contributed by atoms with Crippen molar-refractivity contribution in [1.82, 2.24) is 0 Å². The summed E-state index contributed by atoms with van der Waals surface area (Å²) in [5.74, 6) is -0.690. The van der Waals surface area contributed by atoms with Crippen LogP contribution in [-0.2, 0) is 4.79 Å². The van der Waals surface area contributed by atoms with Crippen LogP contribution in [0.3, 0.4) is 0 Å². The zero-order valence-corrected chi connectivity index (χ0v) is 4.05. The average molecular weight is 103 g/mol. The van der Waals surface area contributed by atoms with Gasteiger partial charge in [0.05, 0.1) is 0 Å². The fraction of sp³-hybridized carbons (Fsp3) is 0.250. The van der Waals surface area contributed by atoms with Gasteiger partial charge in [-0.15, -0.1) is 13.2 Å². The number of nitrogens with two attached hydrogens (primary N) is 1. The van der Waals surface area contributed by atoms with Crippen LogP contribution in [0.5, 0.6) is 0 Å². The highest BCUT2D eigenvalue weighted by Gasteiger charge is 1.78. The van der Waals surface area contributed by atoms with Gasteiger partial charge in [-0.2, -0.15) is 0 Å². The van der Waals surface area contributed by atoms with Crippen LogP contribution in [0.1, 0.15) is 0 Å². The maximum absolute atomic E-state index is 9.34. The van der Waals surface area contributed by atoms with Crippen molar-refractivity contribution in [2.75, 3.05) is 6.61 Å². The standard InChI is InChI=1S/C2H5NO2.C2H4/c3-2(5)1-4;1-2/h4H,1H2,(H2,3,5);1-2H2. The van der Waals surface area contributed by atoms with E-state index in [2.05, 4.69) is 18.9 Å². The second-order valence-electron chi connectivity index (χ2n) is 0.624. The Hall–Kier alpha value is -0.830. The first-order chi connectivity index (χ1) is 3.27. The summed E-state index contributed by atoms with van der Waals surface area (Å²) in [6, 6.07) is 0. The SMILES string of the molecule is C=C.NC(=O)CO. The molecule has 1 amide bonds. The second-order valence-corrected chi connectivity index (χ2v) is 0.624. The Kier molecular flexibility index (Phi) is 12.1. The van der Waals surface area contributed by atoms with Crippen LogP contribution in [0, 0.1) is 0 Å². The van der Waals surface area contributed by atoms with E-state index in [1.807, 2.05) is 0 Å². The summed E-state index contributed by atoms with van der Waals surface area (Å²) in [5, 5.41) is 7.67. The molecule has 0 fully saturated rings. The largest absolute Gasteiger partial charge is 0.387 e. The molecule has 0 saturated carbocycles. The lowest BCUT2D eigenvalue weighted by Crippen LogP contribution is -2.14. The third kappa shape index (κ3) is 38.0. The lowest BCUT2D eigenvalue weighted by molar-refractivity contribution is -0.120. The molecule has 0 bridgehead atoms. The summed E-state index contributed by atoms with van der Waals surface area (Å²) in [7, 11) is 0. The average Bonchev–Trinajstić information content (AvgIpc) is 1.73. The predicted molar refractivity (Wildman–Crippen MR) is 27.5 cm³/mol. The maximum Gasteiger partial charge on any atom is 0.243 e. The molecule has 0 spiro atoms. The van der Waals surface area contributed by atoms with Crippen LogP contribution in [0.15, 0.2) is 13.2 Å². The number of primary amides is 1. The van der Waals surface area contributed by atoms with Crippen molar-refractivity contribution >= 4 is 5.91 Å². The van der Waals surface area contributed by atoms with Gasteiger partial charge < -0.3 is 10.8 Å². The highest BCUT2D eigenvalue weighted by molar-refractivity contribution is 5.74. The lowest BCUT2D eigenvalue weighted by atomic mass is 10.7. The maximum atomic E-state index is 9.34. The highest BCUT2D eigenvalue weighted by Crippen LogP contribution is 1.42. The van der Waals surface area contributed by atoms with Gasteiger partial charge in [-0.25, -0.2) is 0 Å². The normalized spacial score (nSPS) is 5.86. The number of carbonyl (C=O) groups excluding carboxylic acids is 1. The summed E-state index contributed by atoms with van der Waals surface area (Å²) in [6.45, 7) is 5.44. The zero-order valence-electron chi connectivity index (χ0n) is 4.05. The van der Waals surface area contributed by atoms with Crippen molar-refractivity contribution in [2.45, 2.75) is 0 Å². The molecular weight excluding hydrogens is 94.0 g/mol. The third-order valence-electron chi connectivity index (χ3n) is 0.156. The van der Waals surface area contributed by atoms with Crippen LogP contribution < -0.4 is 5.73 Å². The van der Waals surface area contributed by atoms with Crippen molar-refractivity contribution in [3.05, 3.63) is 13.2 Å². The van der Waals surface area contributed by atoms with Gasteiger partial charge in [-0.3, -0.25) is 4.79 Å². The van der Waals surface area contributed by atoms with Gasteiger partial charge in [-0.1, -0.05) is 0 Å².